The molecule has 1 amide bonds. The minimum atomic E-state index is -0.861. The normalized spacial score (nSPS) is 21.9. The van der Waals surface area contributed by atoms with Gasteiger partial charge in [0.15, 0.2) is 18.0 Å². The van der Waals surface area contributed by atoms with Crippen LogP contribution in [0.2, 0.25) is 0 Å². The first-order valence-corrected chi connectivity index (χ1v) is 9.51. The fourth-order valence-corrected chi connectivity index (χ4v) is 3.41. The summed E-state index contributed by atoms with van der Waals surface area (Å²) in [5.41, 5.74) is 0.571. The smallest absolute Gasteiger partial charge is 0.347 e. The van der Waals surface area contributed by atoms with Crippen LogP contribution >= 0.6 is 0 Å². The number of ketones is 1. The summed E-state index contributed by atoms with van der Waals surface area (Å²) < 4.78 is 10.9. The van der Waals surface area contributed by atoms with Gasteiger partial charge in [-0.1, -0.05) is 0 Å². The zero-order valence-electron chi connectivity index (χ0n) is 16.7. The lowest BCUT2D eigenvalue weighted by Gasteiger charge is -2.40. The van der Waals surface area contributed by atoms with Crippen LogP contribution in [-0.2, 0) is 14.3 Å². The topological polar surface area (TPSA) is 72.9 Å². The van der Waals surface area contributed by atoms with E-state index < -0.39 is 18.2 Å². The molecule has 0 saturated carbocycles. The summed E-state index contributed by atoms with van der Waals surface area (Å²) in [5, 5.41) is 0. The van der Waals surface area contributed by atoms with Gasteiger partial charge in [-0.05, 0) is 78.1 Å². The molecule has 1 aliphatic rings. The van der Waals surface area contributed by atoms with E-state index >= 15 is 0 Å². The Balaban J connectivity index is 1.92. The Morgan fingerprint density at radius 1 is 1.00 bits per heavy atom. The first-order valence-electron chi connectivity index (χ1n) is 9.51. The van der Waals surface area contributed by atoms with Gasteiger partial charge in [-0.3, -0.25) is 9.59 Å². The molecule has 1 heterocycles. The number of ether oxygens (including phenoxy) is 2. The summed E-state index contributed by atoms with van der Waals surface area (Å²) in [5.74, 6) is -0.339. The molecule has 1 saturated heterocycles. The van der Waals surface area contributed by atoms with Crippen LogP contribution < -0.4 is 4.74 Å². The van der Waals surface area contributed by atoms with E-state index in [-0.39, 0.29) is 23.8 Å². The van der Waals surface area contributed by atoms with Crippen LogP contribution in [0.3, 0.4) is 0 Å². The lowest BCUT2D eigenvalue weighted by atomic mass is 9.97. The lowest BCUT2D eigenvalue weighted by molar-refractivity contribution is -0.166. The lowest BCUT2D eigenvalue weighted by Crippen LogP contribution is -2.52. The van der Waals surface area contributed by atoms with Crippen LogP contribution in [0, 0.1) is 0 Å². The van der Waals surface area contributed by atoms with E-state index in [1.54, 1.807) is 38.1 Å². The van der Waals surface area contributed by atoms with E-state index in [0.29, 0.717) is 11.3 Å². The van der Waals surface area contributed by atoms with Gasteiger partial charge in [0, 0.05) is 17.6 Å². The minimum Gasteiger partial charge on any atom is -0.479 e. The third kappa shape index (κ3) is 5.31. The van der Waals surface area contributed by atoms with Gasteiger partial charge in [0.25, 0.3) is 5.91 Å². The second-order valence-corrected chi connectivity index (χ2v) is 7.29. The number of nitrogens with zero attached hydrogens (tertiary/aromatic N) is 1. The highest BCUT2D eigenvalue weighted by Crippen LogP contribution is 2.24. The number of amides is 1. The largest absolute Gasteiger partial charge is 0.479 e. The van der Waals surface area contributed by atoms with Crippen molar-refractivity contribution < 1.29 is 23.9 Å². The van der Waals surface area contributed by atoms with Crippen LogP contribution in [-0.4, -0.2) is 46.9 Å². The Morgan fingerprint density at radius 2 is 1.56 bits per heavy atom. The van der Waals surface area contributed by atoms with Gasteiger partial charge < -0.3 is 14.4 Å². The number of likely N-dealkylation sites (tertiary alicyclic amines) is 1. The third-order valence-corrected chi connectivity index (χ3v) is 4.99. The molecule has 0 aromatic heterocycles. The molecule has 1 aromatic rings. The highest BCUT2D eigenvalue weighted by atomic mass is 16.6. The van der Waals surface area contributed by atoms with Crippen molar-refractivity contribution in [3.63, 3.8) is 0 Å². The predicted octanol–water partition coefficient (Wildman–Crippen LogP) is 3.38. The number of hydrogen-bond donors (Lipinski definition) is 0. The summed E-state index contributed by atoms with van der Waals surface area (Å²) in [7, 11) is 0. The number of esters is 1. The Kier molecular flexibility index (Phi) is 6.99. The van der Waals surface area contributed by atoms with Crippen molar-refractivity contribution in [3.8, 4) is 5.75 Å². The standard InChI is InChI=1S/C21H29NO5/c1-13-7-6-8-14(2)22(13)20(24)16(4)27-21(25)17(5)26-19-11-9-18(10-12-19)15(3)23/h9-14,16-17H,6-8H2,1-5H3/t13-,14-,16-,17-/m0/s1. The van der Waals surface area contributed by atoms with Crippen molar-refractivity contribution in [1.29, 1.82) is 0 Å². The number of carbonyl (C=O) groups excluding carboxylic acids is 3. The fourth-order valence-electron chi connectivity index (χ4n) is 3.41. The molecule has 0 N–H and O–H groups in total. The van der Waals surface area contributed by atoms with Crippen molar-refractivity contribution in [2.45, 2.75) is 78.2 Å². The molecule has 4 atom stereocenters. The van der Waals surface area contributed by atoms with Gasteiger partial charge >= 0.3 is 5.97 Å². The van der Waals surface area contributed by atoms with E-state index in [9.17, 15) is 14.4 Å². The predicted molar refractivity (Wildman–Crippen MR) is 102 cm³/mol. The maximum Gasteiger partial charge on any atom is 0.347 e. The zero-order valence-corrected chi connectivity index (χ0v) is 16.7. The van der Waals surface area contributed by atoms with Gasteiger partial charge in [0.1, 0.15) is 5.75 Å². The molecule has 0 radical (unpaired) electrons. The van der Waals surface area contributed by atoms with E-state index in [0.717, 1.165) is 19.3 Å². The monoisotopic (exact) mass is 375 g/mol. The highest BCUT2D eigenvalue weighted by Gasteiger charge is 2.34. The Morgan fingerprint density at radius 3 is 2.07 bits per heavy atom. The van der Waals surface area contributed by atoms with Crippen LogP contribution in [0.15, 0.2) is 24.3 Å². The van der Waals surface area contributed by atoms with E-state index in [4.69, 9.17) is 9.47 Å². The fraction of sp³-hybridized carbons (Fsp3) is 0.571. The summed E-state index contributed by atoms with van der Waals surface area (Å²) in [6, 6.07) is 6.84. The van der Waals surface area contributed by atoms with Crippen molar-refractivity contribution in [1.82, 2.24) is 4.90 Å². The van der Waals surface area contributed by atoms with Gasteiger partial charge in [0.05, 0.1) is 0 Å². The molecule has 1 fully saturated rings. The number of Topliss-reactive ketones (excluding diaryl/α,β-unsaturated/α-hetero) is 1. The maximum absolute atomic E-state index is 12.7. The molecule has 27 heavy (non-hydrogen) atoms. The van der Waals surface area contributed by atoms with Gasteiger partial charge in [-0.25, -0.2) is 4.79 Å². The van der Waals surface area contributed by atoms with Crippen LogP contribution in [0.5, 0.6) is 5.75 Å². The van der Waals surface area contributed by atoms with Crippen molar-refractivity contribution in [2.75, 3.05) is 0 Å². The average molecular weight is 375 g/mol. The number of benzene rings is 1. The Labute approximate surface area is 160 Å². The summed E-state index contributed by atoms with van der Waals surface area (Å²) >= 11 is 0. The molecule has 6 heteroatoms. The highest BCUT2D eigenvalue weighted by molar-refractivity contribution is 5.94. The molecule has 0 unspecified atom stereocenters. The molecule has 1 aliphatic heterocycles. The van der Waals surface area contributed by atoms with Crippen molar-refractivity contribution in [3.05, 3.63) is 29.8 Å². The third-order valence-electron chi connectivity index (χ3n) is 4.99. The molecule has 1 aromatic carbocycles. The SMILES string of the molecule is CC(=O)c1ccc(O[C@@H](C)C(=O)O[C@@H](C)C(=O)N2[C@@H](C)CCC[C@@H]2C)cc1. The summed E-state index contributed by atoms with van der Waals surface area (Å²) in [4.78, 5) is 38.1. The van der Waals surface area contributed by atoms with Crippen LogP contribution in [0.25, 0.3) is 0 Å². The number of hydrogen-bond acceptors (Lipinski definition) is 5. The quantitative estimate of drug-likeness (QED) is 0.563. The summed E-state index contributed by atoms with van der Waals surface area (Å²) in [6.07, 6.45) is 1.32. The second-order valence-electron chi connectivity index (χ2n) is 7.29. The average Bonchev–Trinajstić information content (AvgIpc) is 2.61. The van der Waals surface area contributed by atoms with Crippen LogP contribution in [0.1, 0.15) is 64.2 Å². The van der Waals surface area contributed by atoms with E-state index in [2.05, 4.69) is 0 Å². The molecular weight excluding hydrogens is 346 g/mol. The number of carbonyl (C=O) groups is 3. The van der Waals surface area contributed by atoms with Crippen LogP contribution in [0.4, 0.5) is 0 Å². The first-order chi connectivity index (χ1) is 12.7. The number of piperidine rings is 1. The molecule has 2 rings (SSSR count). The van der Waals surface area contributed by atoms with Crippen molar-refractivity contribution in [2.24, 2.45) is 0 Å². The Hall–Kier alpha value is -2.37. The second kappa shape index (κ2) is 9.02. The zero-order chi connectivity index (χ0) is 20.1. The van der Waals surface area contributed by atoms with Gasteiger partial charge in [-0.2, -0.15) is 0 Å². The van der Waals surface area contributed by atoms with E-state index in [1.807, 2.05) is 18.7 Å². The molecule has 0 bridgehead atoms. The van der Waals surface area contributed by atoms with Crippen molar-refractivity contribution >= 4 is 17.7 Å². The number of rotatable bonds is 6. The molecule has 0 aliphatic carbocycles. The van der Waals surface area contributed by atoms with Gasteiger partial charge in [0.2, 0.25) is 0 Å². The maximum atomic E-state index is 12.7. The summed E-state index contributed by atoms with van der Waals surface area (Å²) in [6.45, 7) is 8.71. The van der Waals surface area contributed by atoms with Gasteiger partial charge in [-0.15, -0.1) is 0 Å². The molecule has 0 spiro atoms. The molecular formula is C21H29NO5. The Bertz CT molecular complexity index is 674. The molecule has 6 nitrogen and oxygen atoms in total. The molecule has 148 valence electrons. The van der Waals surface area contributed by atoms with E-state index in [1.165, 1.54) is 6.92 Å². The minimum absolute atomic E-state index is 0.0393. The first kappa shape index (κ1) is 20.9.